The number of aryl methyl sites for hydroxylation is 1. The first-order valence-electron chi connectivity index (χ1n) is 6.79. The molecule has 2 atom stereocenters. The molecular formula is C15H25NO. The standard InChI is InChI=1S/C15H25NO/c1-4-6-9-13(5-2)11-15(17)14-10-7-8-12(3)16-14/h7-8,10,13,15,17H,4-6,9,11H2,1-3H3. The molecule has 2 heteroatoms. The molecule has 1 rings (SSSR count). The van der Waals surface area contributed by atoms with Crippen LogP contribution in [-0.4, -0.2) is 10.1 Å². The Morgan fingerprint density at radius 3 is 2.65 bits per heavy atom. The van der Waals surface area contributed by atoms with Crippen molar-refractivity contribution in [2.45, 2.75) is 59.0 Å². The normalized spacial score (nSPS) is 14.6. The number of unbranched alkanes of at least 4 members (excludes halogenated alkanes) is 1. The summed E-state index contributed by atoms with van der Waals surface area (Å²) in [7, 11) is 0. The smallest absolute Gasteiger partial charge is 0.0962 e. The van der Waals surface area contributed by atoms with Gasteiger partial charge in [0.05, 0.1) is 11.8 Å². The highest BCUT2D eigenvalue weighted by Gasteiger charge is 2.15. The molecule has 0 aliphatic heterocycles. The van der Waals surface area contributed by atoms with E-state index < -0.39 is 6.10 Å². The van der Waals surface area contributed by atoms with Gasteiger partial charge in [0, 0.05) is 5.69 Å². The maximum Gasteiger partial charge on any atom is 0.0962 e. The summed E-state index contributed by atoms with van der Waals surface area (Å²) in [5.41, 5.74) is 1.79. The van der Waals surface area contributed by atoms with Crippen molar-refractivity contribution in [3.63, 3.8) is 0 Å². The van der Waals surface area contributed by atoms with Crippen LogP contribution in [0.15, 0.2) is 18.2 Å². The monoisotopic (exact) mass is 235 g/mol. The average molecular weight is 235 g/mol. The molecule has 1 aromatic rings. The number of aliphatic hydroxyl groups excluding tert-OH is 1. The van der Waals surface area contributed by atoms with Crippen LogP contribution in [0.5, 0.6) is 0 Å². The second-order valence-electron chi connectivity index (χ2n) is 4.87. The molecule has 0 fully saturated rings. The molecule has 0 aromatic carbocycles. The lowest BCUT2D eigenvalue weighted by atomic mass is 9.92. The fraction of sp³-hybridized carbons (Fsp3) is 0.667. The Morgan fingerprint density at radius 2 is 2.06 bits per heavy atom. The summed E-state index contributed by atoms with van der Waals surface area (Å²) >= 11 is 0. The number of nitrogens with zero attached hydrogens (tertiary/aromatic N) is 1. The van der Waals surface area contributed by atoms with E-state index in [-0.39, 0.29) is 0 Å². The van der Waals surface area contributed by atoms with Gasteiger partial charge in [0.15, 0.2) is 0 Å². The van der Waals surface area contributed by atoms with Crippen molar-refractivity contribution < 1.29 is 5.11 Å². The van der Waals surface area contributed by atoms with Gasteiger partial charge in [-0.2, -0.15) is 0 Å². The van der Waals surface area contributed by atoms with Gasteiger partial charge in [0.2, 0.25) is 0 Å². The van der Waals surface area contributed by atoms with E-state index in [1.54, 1.807) is 0 Å². The minimum absolute atomic E-state index is 0.406. The maximum absolute atomic E-state index is 10.2. The van der Waals surface area contributed by atoms with Crippen molar-refractivity contribution in [2.24, 2.45) is 5.92 Å². The van der Waals surface area contributed by atoms with Gasteiger partial charge in [-0.3, -0.25) is 4.98 Å². The number of rotatable bonds is 7. The molecule has 96 valence electrons. The Hall–Kier alpha value is -0.890. The molecule has 17 heavy (non-hydrogen) atoms. The van der Waals surface area contributed by atoms with Gasteiger partial charge >= 0.3 is 0 Å². The van der Waals surface area contributed by atoms with E-state index in [1.165, 1.54) is 19.3 Å². The molecule has 1 N–H and O–H groups in total. The third-order valence-electron chi connectivity index (χ3n) is 3.35. The molecule has 1 aromatic heterocycles. The van der Waals surface area contributed by atoms with Crippen molar-refractivity contribution in [1.29, 1.82) is 0 Å². The fourth-order valence-electron chi connectivity index (χ4n) is 2.17. The summed E-state index contributed by atoms with van der Waals surface area (Å²) in [6.45, 7) is 6.38. The molecule has 0 aliphatic rings. The highest BCUT2D eigenvalue weighted by molar-refractivity contribution is 5.12. The quantitative estimate of drug-likeness (QED) is 0.774. The van der Waals surface area contributed by atoms with Gasteiger partial charge in [0.1, 0.15) is 0 Å². The Labute approximate surface area is 105 Å². The van der Waals surface area contributed by atoms with Crippen LogP contribution in [0.2, 0.25) is 0 Å². The van der Waals surface area contributed by atoms with Crippen molar-refractivity contribution in [3.05, 3.63) is 29.6 Å². The minimum Gasteiger partial charge on any atom is -0.387 e. The van der Waals surface area contributed by atoms with E-state index in [0.717, 1.165) is 24.2 Å². The van der Waals surface area contributed by atoms with Crippen LogP contribution in [0.1, 0.15) is 63.4 Å². The molecule has 2 nitrogen and oxygen atoms in total. The molecule has 2 unspecified atom stereocenters. The summed E-state index contributed by atoms with van der Waals surface area (Å²) in [4.78, 5) is 4.39. The Kier molecular flexibility index (Phi) is 6.20. The third kappa shape index (κ3) is 4.86. The van der Waals surface area contributed by atoms with Crippen molar-refractivity contribution >= 4 is 0 Å². The van der Waals surface area contributed by atoms with E-state index in [4.69, 9.17) is 0 Å². The molecule has 0 saturated carbocycles. The van der Waals surface area contributed by atoms with Crippen molar-refractivity contribution in [2.75, 3.05) is 0 Å². The molecule has 0 amide bonds. The first kappa shape index (κ1) is 14.2. The van der Waals surface area contributed by atoms with Gasteiger partial charge in [-0.1, -0.05) is 45.6 Å². The van der Waals surface area contributed by atoms with Crippen LogP contribution in [0.4, 0.5) is 0 Å². The third-order valence-corrected chi connectivity index (χ3v) is 3.35. The maximum atomic E-state index is 10.2. The van der Waals surface area contributed by atoms with Gasteiger partial charge in [0.25, 0.3) is 0 Å². The topological polar surface area (TPSA) is 33.1 Å². The second kappa shape index (κ2) is 7.44. The highest BCUT2D eigenvalue weighted by Crippen LogP contribution is 2.25. The van der Waals surface area contributed by atoms with Crippen LogP contribution in [0.3, 0.4) is 0 Å². The molecule has 0 spiro atoms. The lowest BCUT2D eigenvalue weighted by Crippen LogP contribution is -2.08. The van der Waals surface area contributed by atoms with Crippen LogP contribution in [0.25, 0.3) is 0 Å². The zero-order valence-electron chi connectivity index (χ0n) is 11.3. The number of hydrogen-bond acceptors (Lipinski definition) is 2. The van der Waals surface area contributed by atoms with E-state index in [2.05, 4.69) is 18.8 Å². The van der Waals surface area contributed by atoms with Gasteiger partial charge in [-0.25, -0.2) is 0 Å². The first-order valence-corrected chi connectivity index (χ1v) is 6.79. The molecular weight excluding hydrogens is 210 g/mol. The van der Waals surface area contributed by atoms with E-state index in [1.807, 2.05) is 25.1 Å². The van der Waals surface area contributed by atoms with Crippen LogP contribution < -0.4 is 0 Å². The summed E-state index contributed by atoms with van der Waals surface area (Å²) in [6, 6.07) is 5.85. The van der Waals surface area contributed by atoms with Crippen LogP contribution in [0, 0.1) is 12.8 Å². The largest absolute Gasteiger partial charge is 0.387 e. The number of aromatic nitrogens is 1. The molecule has 1 heterocycles. The zero-order valence-corrected chi connectivity index (χ0v) is 11.3. The first-order chi connectivity index (χ1) is 8.17. The Bertz CT molecular complexity index is 324. The predicted octanol–water partition coefficient (Wildman–Crippen LogP) is 4.03. The average Bonchev–Trinajstić information content (AvgIpc) is 2.34. The lowest BCUT2D eigenvalue weighted by Gasteiger charge is -2.18. The molecule has 0 saturated heterocycles. The zero-order chi connectivity index (χ0) is 12.7. The summed E-state index contributed by atoms with van der Waals surface area (Å²) < 4.78 is 0. The van der Waals surface area contributed by atoms with Gasteiger partial charge in [-0.15, -0.1) is 0 Å². The Morgan fingerprint density at radius 1 is 1.29 bits per heavy atom. The minimum atomic E-state index is -0.406. The Balaban J connectivity index is 2.54. The summed E-state index contributed by atoms with van der Waals surface area (Å²) in [5.74, 6) is 0.618. The lowest BCUT2D eigenvalue weighted by molar-refractivity contribution is 0.135. The number of hydrogen-bond donors (Lipinski definition) is 1. The van der Waals surface area contributed by atoms with Gasteiger partial charge in [-0.05, 0) is 31.4 Å². The second-order valence-corrected chi connectivity index (χ2v) is 4.87. The van der Waals surface area contributed by atoms with E-state index in [0.29, 0.717) is 5.92 Å². The SMILES string of the molecule is CCCCC(CC)CC(O)c1cccc(C)n1. The summed E-state index contributed by atoms with van der Waals surface area (Å²) in [5, 5.41) is 10.2. The highest BCUT2D eigenvalue weighted by atomic mass is 16.3. The van der Waals surface area contributed by atoms with Crippen LogP contribution >= 0.6 is 0 Å². The van der Waals surface area contributed by atoms with Crippen molar-refractivity contribution in [3.8, 4) is 0 Å². The van der Waals surface area contributed by atoms with Gasteiger partial charge < -0.3 is 5.11 Å². The predicted molar refractivity (Wildman–Crippen MR) is 71.9 cm³/mol. The van der Waals surface area contributed by atoms with Crippen LogP contribution in [-0.2, 0) is 0 Å². The van der Waals surface area contributed by atoms with E-state index in [9.17, 15) is 5.11 Å². The number of aliphatic hydroxyl groups is 1. The van der Waals surface area contributed by atoms with Crippen molar-refractivity contribution in [1.82, 2.24) is 4.98 Å². The number of pyridine rings is 1. The van der Waals surface area contributed by atoms with E-state index >= 15 is 0 Å². The molecule has 0 bridgehead atoms. The molecule has 0 radical (unpaired) electrons. The molecule has 0 aliphatic carbocycles. The summed E-state index contributed by atoms with van der Waals surface area (Å²) in [6.07, 6.45) is 5.28. The fourth-order valence-corrected chi connectivity index (χ4v) is 2.17.